The second-order valence-corrected chi connectivity index (χ2v) is 3.74. The van der Waals surface area contributed by atoms with Crippen molar-refractivity contribution < 1.29 is 0 Å². The number of benzene rings is 1. The molecule has 0 spiro atoms. The van der Waals surface area contributed by atoms with Crippen molar-refractivity contribution in [3.63, 3.8) is 0 Å². The van der Waals surface area contributed by atoms with Crippen molar-refractivity contribution in [2.24, 2.45) is 5.73 Å². The molecule has 1 unspecified atom stereocenters. The molecule has 0 fully saturated rings. The van der Waals surface area contributed by atoms with Gasteiger partial charge in [0.1, 0.15) is 0 Å². The summed E-state index contributed by atoms with van der Waals surface area (Å²) in [6, 6.07) is 6.92. The summed E-state index contributed by atoms with van der Waals surface area (Å²) in [5.41, 5.74) is 10.0. The molecule has 0 aliphatic heterocycles. The largest absolute Gasteiger partial charge is 0.388 e. The smallest absolute Gasteiger partial charge is 0.0340 e. The minimum absolute atomic E-state index is 0.368. The number of fused-ring (bicyclic) bond motifs is 1. The zero-order valence-electron chi connectivity index (χ0n) is 8.01. The quantitative estimate of drug-likeness (QED) is 0.681. The fraction of sp³-hybridized carbons (Fsp3) is 0.455. The Hall–Kier alpha value is -1.02. The molecule has 70 valence electrons. The molecule has 2 rings (SSSR count). The van der Waals surface area contributed by atoms with E-state index < -0.39 is 0 Å². The topological polar surface area (TPSA) is 38.0 Å². The standard InChI is InChI=1S/C11H16N2/c1-13-11-5-3-8-6-10(12)4-2-9(8)7-11/h3,5,7,10,13H,2,4,6,12H2,1H3. The van der Waals surface area contributed by atoms with Gasteiger partial charge in [-0.25, -0.2) is 0 Å². The third-order valence-corrected chi connectivity index (χ3v) is 2.76. The fourth-order valence-electron chi connectivity index (χ4n) is 1.94. The van der Waals surface area contributed by atoms with Crippen LogP contribution in [0.1, 0.15) is 17.5 Å². The van der Waals surface area contributed by atoms with Crippen molar-refractivity contribution in [1.29, 1.82) is 0 Å². The van der Waals surface area contributed by atoms with Gasteiger partial charge in [0.25, 0.3) is 0 Å². The van der Waals surface area contributed by atoms with Crippen LogP contribution < -0.4 is 11.1 Å². The second kappa shape index (κ2) is 3.38. The number of hydrogen-bond donors (Lipinski definition) is 2. The number of rotatable bonds is 1. The molecule has 2 heteroatoms. The van der Waals surface area contributed by atoms with Crippen LogP contribution in [0.4, 0.5) is 5.69 Å². The monoisotopic (exact) mass is 176 g/mol. The van der Waals surface area contributed by atoms with Gasteiger partial charge in [0.2, 0.25) is 0 Å². The number of hydrogen-bond acceptors (Lipinski definition) is 2. The summed E-state index contributed by atoms with van der Waals surface area (Å²) in [5, 5.41) is 3.16. The highest BCUT2D eigenvalue weighted by Crippen LogP contribution is 2.23. The van der Waals surface area contributed by atoms with Crippen LogP contribution in [-0.2, 0) is 12.8 Å². The van der Waals surface area contributed by atoms with Crippen molar-refractivity contribution in [2.45, 2.75) is 25.3 Å². The van der Waals surface area contributed by atoms with Gasteiger partial charge in [-0.05, 0) is 42.5 Å². The van der Waals surface area contributed by atoms with E-state index in [0.717, 1.165) is 19.3 Å². The van der Waals surface area contributed by atoms with Crippen molar-refractivity contribution >= 4 is 5.69 Å². The molecule has 0 radical (unpaired) electrons. The molecule has 1 atom stereocenters. The van der Waals surface area contributed by atoms with Crippen LogP contribution in [0.2, 0.25) is 0 Å². The Morgan fingerprint density at radius 2 is 2.23 bits per heavy atom. The molecule has 0 saturated carbocycles. The first-order chi connectivity index (χ1) is 6.29. The van der Waals surface area contributed by atoms with Crippen LogP contribution in [0.25, 0.3) is 0 Å². The van der Waals surface area contributed by atoms with Gasteiger partial charge < -0.3 is 11.1 Å². The zero-order chi connectivity index (χ0) is 9.26. The van der Waals surface area contributed by atoms with E-state index in [1.165, 1.54) is 16.8 Å². The molecular formula is C11H16N2. The minimum atomic E-state index is 0.368. The summed E-state index contributed by atoms with van der Waals surface area (Å²) in [7, 11) is 1.95. The molecule has 0 heterocycles. The summed E-state index contributed by atoms with van der Waals surface area (Å²) in [6.07, 6.45) is 3.30. The lowest BCUT2D eigenvalue weighted by Gasteiger charge is -2.21. The van der Waals surface area contributed by atoms with E-state index in [4.69, 9.17) is 5.73 Å². The Balaban J connectivity index is 2.31. The molecule has 1 aliphatic rings. The fourth-order valence-corrected chi connectivity index (χ4v) is 1.94. The lowest BCUT2D eigenvalue weighted by molar-refractivity contribution is 0.577. The van der Waals surface area contributed by atoms with Crippen LogP contribution >= 0.6 is 0 Å². The van der Waals surface area contributed by atoms with Crippen molar-refractivity contribution in [3.05, 3.63) is 29.3 Å². The highest BCUT2D eigenvalue weighted by atomic mass is 14.8. The summed E-state index contributed by atoms with van der Waals surface area (Å²) in [5.74, 6) is 0. The first kappa shape index (κ1) is 8.57. The Labute approximate surface area is 79.1 Å². The van der Waals surface area contributed by atoms with E-state index in [9.17, 15) is 0 Å². The second-order valence-electron chi connectivity index (χ2n) is 3.74. The lowest BCUT2D eigenvalue weighted by Crippen LogP contribution is -2.27. The molecule has 0 bridgehead atoms. The molecule has 0 amide bonds. The zero-order valence-corrected chi connectivity index (χ0v) is 8.01. The van der Waals surface area contributed by atoms with Gasteiger partial charge in [0.05, 0.1) is 0 Å². The van der Waals surface area contributed by atoms with Crippen LogP contribution in [0.15, 0.2) is 18.2 Å². The molecular weight excluding hydrogens is 160 g/mol. The Morgan fingerprint density at radius 1 is 1.38 bits per heavy atom. The summed E-state index contributed by atoms with van der Waals surface area (Å²) in [6.45, 7) is 0. The predicted molar refractivity (Wildman–Crippen MR) is 56.0 cm³/mol. The maximum absolute atomic E-state index is 5.90. The average molecular weight is 176 g/mol. The van der Waals surface area contributed by atoms with Crippen molar-refractivity contribution in [1.82, 2.24) is 0 Å². The minimum Gasteiger partial charge on any atom is -0.388 e. The number of nitrogens with two attached hydrogens (primary N) is 1. The first-order valence-electron chi connectivity index (χ1n) is 4.84. The van der Waals surface area contributed by atoms with Gasteiger partial charge in [-0.3, -0.25) is 0 Å². The van der Waals surface area contributed by atoms with E-state index in [1.54, 1.807) is 0 Å². The summed E-state index contributed by atoms with van der Waals surface area (Å²) < 4.78 is 0. The Bertz CT molecular complexity index is 307. The SMILES string of the molecule is CNc1ccc2c(c1)CCC(N)C2. The highest BCUT2D eigenvalue weighted by Gasteiger charge is 2.14. The van der Waals surface area contributed by atoms with E-state index in [-0.39, 0.29) is 0 Å². The molecule has 0 aromatic heterocycles. The van der Waals surface area contributed by atoms with Crippen LogP contribution in [0.5, 0.6) is 0 Å². The van der Waals surface area contributed by atoms with Gasteiger partial charge in [-0.1, -0.05) is 6.07 Å². The predicted octanol–water partition coefficient (Wildman–Crippen LogP) is 1.54. The number of nitrogens with one attached hydrogen (secondary N) is 1. The maximum Gasteiger partial charge on any atom is 0.0340 e. The van der Waals surface area contributed by atoms with Crippen molar-refractivity contribution in [3.8, 4) is 0 Å². The molecule has 0 saturated heterocycles. The van der Waals surface area contributed by atoms with E-state index in [1.807, 2.05) is 7.05 Å². The van der Waals surface area contributed by atoms with E-state index in [0.29, 0.717) is 6.04 Å². The van der Waals surface area contributed by atoms with Gasteiger partial charge in [-0.2, -0.15) is 0 Å². The highest BCUT2D eigenvalue weighted by molar-refractivity contribution is 5.49. The van der Waals surface area contributed by atoms with Gasteiger partial charge in [0.15, 0.2) is 0 Å². The summed E-state index contributed by atoms with van der Waals surface area (Å²) in [4.78, 5) is 0. The van der Waals surface area contributed by atoms with Gasteiger partial charge in [-0.15, -0.1) is 0 Å². The molecule has 1 aliphatic carbocycles. The summed E-state index contributed by atoms with van der Waals surface area (Å²) >= 11 is 0. The van der Waals surface area contributed by atoms with E-state index >= 15 is 0 Å². The Morgan fingerprint density at radius 3 is 3.00 bits per heavy atom. The molecule has 1 aromatic rings. The van der Waals surface area contributed by atoms with Crippen LogP contribution in [0, 0.1) is 0 Å². The molecule has 1 aromatic carbocycles. The maximum atomic E-state index is 5.90. The number of aryl methyl sites for hydroxylation is 1. The first-order valence-corrected chi connectivity index (χ1v) is 4.84. The molecule has 13 heavy (non-hydrogen) atoms. The van der Waals surface area contributed by atoms with Crippen molar-refractivity contribution in [2.75, 3.05) is 12.4 Å². The normalized spacial score (nSPS) is 20.9. The number of anilines is 1. The van der Waals surface area contributed by atoms with Gasteiger partial charge >= 0.3 is 0 Å². The van der Waals surface area contributed by atoms with Gasteiger partial charge in [0, 0.05) is 18.8 Å². The lowest BCUT2D eigenvalue weighted by atomic mass is 9.88. The average Bonchev–Trinajstić information content (AvgIpc) is 2.17. The van der Waals surface area contributed by atoms with Crippen LogP contribution in [-0.4, -0.2) is 13.1 Å². The third kappa shape index (κ3) is 1.68. The molecule has 2 nitrogen and oxygen atoms in total. The van der Waals surface area contributed by atoms with E-state index in [2.05, 4.69) is 23.5 Å². The Kier molecular flexibility index (Phi) is 2.23. The molecule has 3 N–H and O–H groups in total. The third-order valence-electron chi connectivity index (χ3n) is 2.76. The van der Waals surface area contributed by atoms with Crippen LogP contribution in [0.3, 0.4) is 0 Å².